The molecule has 33 heavy (non-hydrogen) atoms. The normalized spacial score (nSPS) is 28.2. The van der Waals surface area contributed by atoms with E-state index in [-0.39, 0.29) is 5.41 Å². The van der Waals surface area contributed by atoms with Gasteiger partial charge in [-0.1, -0.05) is 31.9 Å². The lowest BCUT2D eigenvalue weighted by atomic mass is 9.55. The van der Waals surface area contributed by atoms with Crippen LogP contribution < -0.4 is 9.30 Å². The number of unbranched alkanes of at least 4 members (excludes halogenated alkanes) is 4. The summed E-state index contributed by atoms with van der Waals surface area (Å²) in [6.07, 6.45) is 17.1. The highest BCUT2D eigenvalue weighted by Gasteiger charge is 2.54. The van der Waals surface area contributed by atoms with Crippen molar-refractivity contribution in [1.82, 2.24) is 0 Å². The molecule has 1 heterocycles. The van der Waals surface area contributed by atoms with Crippen molar-refractivity contribution in [2.24, 2.45) is 17.3 Å². The maximum Gasteiger partial charge on any atom is 0.168 e. The Bertz CT molecular complexity index is 955. The third-order valence-electron chi connectivity index (χ3n) is 9.01. The highest BCUT2D eigenvalue weighted by molar-refractivity contribution is 5.87. The van der Waals surface area contributed by atoms with E-state index in [0.29, 0.717) is 23.5 Å². The number of hydrogen-bond donors (Lipinski definition) is 0. The van der Waals surface area contributed by atoms with Crippen molar-refractivity contribution in [2.75, 3.05) is 6.61 Å². The molecule has 3 nitrogen and oxygen atoms in total. The molecule has 0 unspecified atom stereocenters. The number of Topliss-reactive ketones (excluding diaryl/α,β-unsaturated/α-hetero) is 1. The maximum atomic E-state index is 12.5. The Balaban J connectivity index is 1.06. The first-order valence-electron chi connectivity index (χ1n) is 13.4. The summed E-state index contributed by atoms with van der Waals surface area (Å²) < 4.78 is 8.40. The van der Waals surface area contributed by atoms with Crippen LogP contribution in [-0.4, -0.2) is 12.4 Å². The van der Waals surface area contributed by atoms with Gasteiger partial charge in [0.2, 0.25) is 0 Å². The molecule has 4 atom stereocenters. The molecule has 1 aromatic heterocycles. The lowest BCUT2D eigenvalue weighted by molar-refractivity contribution is -0.697. The summed E-state index contributed by atoms with van der Waals surface area (Å²) in [6.45, 7) is 4.20. The van der Waals surface area contributed by atoms with Gasteiger partial charge in [-0.15, -0.1) is 0 Å². The summed E-state index contributed by atoms with van der Waals surface area (Å²) in [5.74, 6) is 3.55. The first-order valence-corrected chi connectivity index (χ1v) is 13.4. The molecule has 0 amide bonds. The molecule has 0 radical (unpaired) electrons. The molecule has 0 spiro atoms. The number of nitrogens with zero attached hydrogens (tertiary/aromatic N) is 1. The second-order valence-electron chi connectivity index (χ2n) is 10.9. The number of pyridine rings is 1. The number of hydrogen-bond acceptors (Lipinski definition) is 2. The van der Waals surface area contributed by atoms with Gasteiger partial charge in [-0.25, -0.2) is 4.57 Å². The van der Waals surface area contributed by atoms with Gasteiger partial charge in [-0.05, 0) is 86.0 Å². The zero-order valence-corrected chi connectivity index (χ0v) is 20.3. The highest BCUT2D eigenvalue weighted by atomic mass is 16.5. The van der Waals surface area contributed by atoms with Crippen LogP contribution in [0.25, 0.3) is 0 Å². The minimum absolute atomic E-state index is 0.0257. The van der Waals surface area contributed by atoms with Gasteiger partial charge in [-0.2, -0.15) is 0 Å². The number of aryl methyl sites for hydroxylation is 2. The molecule has 176 valence electrons. The molecule has 5 rings (SSSR count). The lowest BCUT2D eigenvalue weighted by Crippen LogP contribution is -2.42. The number of fused-ring (bicyclic) bond motifs is 5. The van der Waals surface area contributed by atoms with E-state index in [2.05, 4.69) is 60.3 Å². The minimum atomic E-state index is -0.0257. The van der Waals surface area contributed by atoms with E-state index in [0.717, 1.165) is 51.0 Å². The van der Waals surface area contributed by atoms with Gasteiger partial charge in [0.05, 0.1) is 6.61 Å². The predicted molar refractivity (Wildman–Crippen MR) is 131 cm³/mol. The van der Waals surface area contributed by atoms with Crippen LogP contribution in [0.2, 0.25) is 0 Å². The fourth-order valence-corrected chi connectivity index (χ4v) is 7.12. The second kappa shape index (κ2) is 9.99. The second-order valence-corrected chi connectivity index (χ2v) is 10.9. The van der Waals surface area contributed by atoms with Gasteiger partial charge < -0.3 is 4.74 Å². The van der Waals surface area contributed by atoms with E-state index in [1.54, 1.807) is 5.56 Å². The average Bonchev–Trinajstić information content (AvgIpc) is 3.15. The Morgan fingerprint density at radius 2 is 1.79 bits per heavy atom. The highest BCUT2D eigenvalue weighted by Crippen LogP contribution is 2.59. The van der Waals surface area contributed by atoms with Crippen molar-refractivity contribution in [3.8, 4) is 5.75 Å². The van der Waals surface area contributed by atoms with E-state index in [4.69, 9.17) is 4.74 Å². The zero-order chi connectivity index (χ0) is 22.7. The maximum absolute atomic E-state index is 12.5. The number of carbonyl (C=O) groups is 1. The molecule has 2 saturated carbocycles. The summed E-state index contributed by atoms with van der Waals surface area (Å²) >= 11 is 0. The summed E-state index contributed by atoms with van der Waals surface area (Å²) in [6, 6.07) is 13.1. The van der Waals surface area contributed by atoms with Crippen LogP contribution in [0.3, 0.4) is 0 Å². The van der Waals surface area contributed by atoms with Gasteiger partial charge in [-0.3, -0.25) is 4.79 Å². The van der Waals surface area contributed by atoms with E-state index in [1.165, 1.54) is 44.1 Å². The first-order chi connectivity index (χ1) is 16.1. The number of ketones is 1. The fraction of sp³-hybridized carbons (Fsp3) is 0.600. The molecular formula is C30H40NO2+. The molecule has 3 aliphatic rings. The third-order valence-corrected chi connectivity index (χ3v) is 9.01. The summed E-state index contributed by atoms with van der Waals surface area (Å²) in [7, 11) is 0. The van der Waals surface area contributed by atoms with Crippen LogP contribution in [0.1, 0.15) is 88.2 Å². The van der Waals surface area contributed by atoms with Crippen LogP contribution in [0.5, 0.6) is 5.75 Å². The number of benzene rings is 1. The Kier molecular flexibility index (Phi) is 6.85. The molecule has 0 bridgehead atoms. The number of aromatic nitrogens is 1. The van der Waals surface area contributed by atoms with E-state index >= 15 is 0 Å². The number of rotatable bonds is 9. The van der Waals surface area contributed by atoms with Crippen molar-refractivity contribution in [3.63, 3.8) is 0 Å². The quantitative estimate of drug-likeness (QED) is 0.328. The molecule has 0 N–H and O–H groups in total. The van der Waals surface area contributed by atoms with Crippen LogP contribution in [0, 0.1) is 17.3 Å². The third kappa shape index (κ3) is 4.74. The van der Waals surface area contributed by atoms with E-state index < -0.39 is 0 Å². The number of ether oxygens (including phenoxy) is 1. The summed E-state index contributed by atoms with van der Waals surface area (Å²) in [4.78, 5) is 12.5. The van der Waals surface area contributed by atoms with Crippen molar-refractivity contribution in [3.05, 3.63) is 59.9 Å². The molecule has 3 aliphatic carbocycles. The lowest BCUT2D eigenvalue weighted by Gasteiger charge is -2.48. The molecule has 0 aliphatic heterocycles. The Morgan fingerprint density at radius 1 is 0.970 bits per heavy atom. The van der Waals surface area contributed by atoms with Crippen LogP contribution in [0.15, 0.2) is 48.8 Å². The minimum Gasteiger partial charge on any atom is -0.494 e. The first kappa shape index (κ1) is 22.6. The van der Waals surface area contributed by atoms with Crippen molar-refractivity contribution < 1.29 is 14.1 Å². The molecular weight excluding hydrogens is 406 g/mol. The van der Waals surface area contributed by atoms with Gasteiger partial charge in [0.15, 0.2) is 12.4 Å². The van der Waals surface area contributed by atoms with Crippen molar-refractivity contribution >= 4 is 5.78 Å². The standard InChI is InChI=1S/C30H40NO2/c1-30-17-16-26-25-13-11-24(22-23(25)10-12-27(26)28(30)14-15-29(30)32)33-21-9-4-2-3-6-18-31-19-7-5-8-20-31/h5,7-8,11,13,19-20,22,26-28H,2-4,6,9-10,12,14-18,21H2,1H3/q+1/t26-,27-,28+,30+/m1/s1. The smallest absolute Gasteiger partial charge is 0.168 e. The van der Waals surface area contributed by atoms with Crippen LogP contribution in [-0.2, 0) is 17.8 Å². The Morgan fingerprint density at radius 3 is 2.67 bits per heavy atom. The molecule has 2 fully saturated rings. The molecule has 1 aromatic carbocycles. The summed E-state index contributed by atoms with van der Waals surface area (Å²) in [5.41, 5.74) is 3.03. The average molecular weight is 447 g/mol. The van der Waals surface area contributed by atoms with Crippen molar-refractivity contribution in [1.29, 1.82) is 0 Å². The predicted octanol–water partition coefficient (Wildman–Crippen LogP) is 6.43. The van der Waals surface area contributed by atoms with E-state index in [9.17, 15) is 4.79 Å². The largest absolute Gasteiger partial charge is 0.494 e. The van der Waals surface area contributed by atoms with Crippen molar-refractivity contribution in [2.45, 2.75) is 90.0 Å². The monoisotopic (exact) mass is 446 g/mol. The van der Waals surface area contributed by atoms with Gasteiger partial charge in [0, 0.05) is 30.4 Å². The van der Waals surface area contributed by atoms with E-state index in [1.807, 2.05) is 0 Å². The zero-order valence-electron chi connectivity index (χ0n) is 20.3. The Labute approximate surface area is 199 Å². The topological polar surface area (TPSA) is 30.2 Å². The van der Waals surface area contributed by atoms with Gasteiger partial charge >= 0.3 is 0 Å². The Hall–Kier alpha value is -2.16. The summed E-state index contributed by atoms with van der Waals surface area (Å²) in [5, 5.41) is 0. The van der Waals surface area contributed by atoms with Gasteiger partial charge in [0.25, 0.3) is 0 Å². The van der Waals surface area contributed by atoms with Crippen LogP contribution >= 0.6 is 0 Å². The van der Waals surface area contributed by atoms with Gasteiger partial charge in [0.1, 0.15) is 18.1 Å². The fourth-order valence-electron chi connectivity index (χ4n) is 7.12. The van der Waals surface area contributed by atoms with Crippen LogP contribution in [0.4, 0.5) is 0 Å². The molecule has 2 aromatic rings. The SMILES string of the molecule is C[C@]12CC[C@@H]3c4ccc(OCCCCCCC[n+]5ccccc5)cc4CC[C@H]3[C@@H]1CCC2=O. The molecule has 3 heteroatoms. The number of carbonyl (C=O) groups excluding carboxylic acids is 1. The molecule has 0 saturated heterocycles.